The third-order valence-electron chi connectivity index (χ3n) is 4.96. The number of hydrogen-bond donors (Lipinski definition) is 2. The fourth-order valence-corrected chi connectivity index (χ4v) is 3.69. The van der Waals surface area contributed by atoms with Gasteiger partial charge in [0.05, 0.1) is 7.11 Å². The zero-order valence-corrected chi connectivity index (χ0v) is 13.2. The van der Waals surface area contributed by atoms with Gasteiger partial charge in [0.1, 0.15) is 5.75 Å². The minimum Gasteiger partial charge on any atom is -0.497 e. The van der Waals surface area contributed by atoms with Crippen LogP contribution in [-0.2, 0) is 0 Å². The molecular formula is C18H21N3O2. The van der Waals surface area contributed by atoms with Gasteiger partial charge in [0.2, 0.25) is 0 Å². The highest BCUT2D eigenvalue weighted by atomic mass is 16.5. The molecule has 2 fully saturated rings. The number of nitrogens with zero attached hydrogens (tertiary/aromatic N) is 1. The molecule has 23 heavy (non-hydrogen) atoms. The molecule has 0 aliphatic carbocycles. The van der Waals surface area contributed by atoms with Gasteiger partial charge in [-0.1, -0.05) is 12.1 Å². The summed E-state index contributed by atoms with van der Waals surface area (Å²) in [5.74, 6) is 0.828. The number of aromatic nitrogens is 1. The van der Waals surface area contributed by atoms with E-state index < -0.39 is 0 Å². The van der Waals surface area contributed by atoms with Crippen molar-refractivity contribution in [2.75, 3.05) is 7.11 Å². The van der Waals surface area contributed by atoms with Crippen LogP contribution in [0.25, 0.3) is 11.1 Å². The monoisotopic (exact) mass is 311 g/mol. The number of carbonyl (C=O) groups excluding carboxylic acids is 1. The van der Waals surface area contributed by atoms with Crippen molar-refractivity contribution in [3.63, 3.8) is 0 Å². The van der Waals surface area contributed by atoms with Crippen molar-refractivity contribution in [3.8, 4) is 16.9 Å². The molecule has 2 N–H and O–H groups in total. The molecule has 0 unspecified atom stereocenters. The Hall–Kier alpha value is -2.27. The number of benzene rings is 1. The number of carbonyl (C=O) groups is 1. The molecule has 4 rings (SSSR count). The number of hydrogen-bond acceptors (Lipinski definition) is 3. The van der Waals surface area contributed by atoms with Gasteiger partial charge < -0.3 is 15.4 Å². The first-order valence-electron chi connectivity index (χ1n) is 8.12. The molecule has 3 heterocycles. The Labute approximate surface area is 135 Å². The second-order valence-electron chi connectivity index (χ2n) is 6.38. The number of methoxy groups -OCH3 is 1. The maximum Gasteiger partial charge on any atom is 0.325 e. The third-order valence-corrected chi connectivity index (χ3v) is 4.96. The van der Waals surface area contributed by atoms with Crippen molar-refractivity contribution in [1.82, 2.24) is 15.2 Å². The van der Waals surface area contributed by atoms with Crippen LogP contribution in [0.1, 0.15) is 19.3 Å². The van der Waals surface area contributed by atoms with E-state index in [1.165, 1.54) is 12.8 Å². The van der Waals surface area contributed by atoms with Gasteiger partial charge in [0, 0.05) is 30.5 Å². The normalized spacial score (nSPS) is 25.5. The summed E-state index contributed by atoms with van der Waals surface area (Å²) in [5.41, 5.74) is 2.09. The molecule has 5 heteroatoms. The summed E-state index contributed by atoms with van der Waals surface area (Å²) in [4.78, 5) is 12.4. The van der Waals surface area contributed by atoms with E-state index in [9.17, 15) is 4.79 Å². The van der Waals surface area contributed by atoms with Crippen molar-refractivity contribution < 1.29 is 9.53 Å². The van der Waals surface area contributed by atoms with Gasteiger partial charge in [0.25, 0.3) is 0 Å². The Balaban J connectivity index is 1.45. The van der Waals surface area contributed by atoms with Gasteiger partial charge >= 0.3 is 6.03 Å². The quantitative estimate of drug-likeness (QED) is 0.916. The summed E-state index contributed by atoms with van der Waals surface area (Å²) in [6.07, 6.45) is 7.14. The molecule has 2 aliphatic heterocycles. The van der Waals surface area contributed by atoms with Gasteiger partial charge in [-0.15, -0.1) is 0 Å². The van der Waals surface area contributed by atoms with Crippen LogP contribution in [0.15, 0.2) is 42.7 Å². The largest absolute Gasteiger partial charge is 0.497 e. The van der Waals surface area contributed by atoms with Crippen LogP contribution >= 0.6 is 0 Å². The van der Waals surface area contributed by atoms with Crippen molar-refractivity contribution in [2.24, 2.45) is 0 Å². The summed E-state index contributed by atoms with van der Waals surface area (Å²) < 4.78 is 6.80. The molecule has 3 atom stereocenters. The summed E-state index contributed by atoms with van der Waals surface area (Å²) >= 11 is 0. The van der Waals surface area contributed by atoms with Gasteiger partial charge in [-0.05, 0) is 48.6 Å². The summed E-state index contributed by atoms with van der Waals surface area (Å²) in [6.45, 7) is 0. The Morgan fingerprint density at radius 2 is 2.04 bits per heavy atom. The molecular weight excluding hydrogens is 290 g/mol. The first kappa shape index (κ1) is 14.3. The Morgan fingerprint density at radius 1 is 1.22 bits per heavy atom. The molecule has 0 saturated carbocycles. The van der Waals surface area contributed by atoms with Gasteiger partial charge in [-0.2, -0.15) is 0 Å². The van der Waals surface area contributed by atoms with E-state index in [-0.39, 0.29) is 12.1 Å². The number of nitrogens with one attached hydrogen (secondary N) is 2. The highest BCUT2D eigenvalue weighted by molar-refractivity contribution is 5.79. The molecule has 1 aromatic carbocycles. The molecule has 2 saturated heterocycles. The van der Waals surface area contributed by atoms with E-state index in [1.54, 1.807) is 11.7 Å². The Morgan fingerprint density at radius 3 is 2.70 bits per heavy atom. The summed E-state index contributed by atoms with van der Waals surface area (Å²) in [7, 11) is 1.65. The van der Waals surface area contributed by atoms with E-state index >= 15 is 0 Å². The fourth-order valence-electron chi connectivity index (χ4n) is 3.69. The molecule has 0 radical (unpaired) electrons. The van der Waals surface area contributed by atoms with Crippen molar-refractivity contribution in [1.29, 1.82) is 0 Å². The second-order valence-corrected chi connectivity index (χ2v) is 6.38. The Bertz CT molecular complexity index is 707. The van der Waals surface area contributed by atoms with Crippen LogP contribution in [0.4, 0.5) is 4.79 Å². The lowest BCUT2D eigenvalue weighted by Gasteiger charge is -2.21. The maximum absolute atomic E-state index is 12.4. The summed E-state index contributed by atoms with van der Waals surface area (Å²) in [5, 5.41) is 6.69. The zero-order valence-electron chi connectivity index (χ0n) is 13.2. The minimum absolute atomic E-state index is 0.0517. The standard InChI is InChI=1S/C18H21N3O2/c1-23-15-5-2-12(3-6-15)13-8-9-21(11-13)18(22)20-17-10-14-4-7-16(17)19-14/h2-3,5-6,8-9,11,14,16-17,19H,4,7,10H2,1H3,(H,20,22)/t14-,16+,17-/m1/s1. The minimum atomic E-state index is -0.0517. The first-order valence-corrected chi connectivity index (χ1v) is 8.12. The molecule has 5 nitrogen and oxygen atoms in total. The van der Waals surface area contributed by atoms with Crippen molar-refractivity contribution in [2.45, 2.75) is 37.4 Å². The maximum atomic E-state index is 12.4. The Kier molecular flexibility index (Phi) is 3.58. The van der Waals surface area contributed by atoms with E-state index in [0.29, 0.717) is 12.1 Å². The van der Waals surface area contributed by atoms with Crippen LogP contribution in [-0.4, -0.2) is 35.8 Å². The van der Waals surface area contributed by atoms with Crippen LogP contribution in [0.5, 0.6) is 5.75 Å². The first-order chi connectivity index (χ1) is 11.2. The lowest BCUT2D eigenvalue weighted by Crippen LogP contribution is -2.44. The van der Waals surface area contributed by atoms with E-state index in [0.717, 1.165) is 23.3 Å². The van der Waals surface area contributed by atoms with Gasteiger partial charge in [-0.3, -0.25) is 4.57 Å². The second kappa shape index (κ2) is 5.74. The molecule has 2 aliphatic rings. The van der Waals surface area contributed by atoms with E-state index in [1.807, 2.05) is 42.7 Å². The molecule has 2 aromatic rings. The number of fused-ring (bicyclic) bond motifs is 2. The third kappa shape index (κ3) is 2.72. The van der Waals surface area contributed by atoms with Crippen LogP contribution in [0.3, 0.4) is 0 Å². The predicted molar refractivity (Wildman–Crippen MR) is 88.7 cm³/mol. The molecule has 1 amide bonds. The number of amides is 1. The number of ether oxygens (including phenoxy) is 1. The van der Waals surface area contributed by atoms with Crippen LogP contribution < -0.4 is 15.4 Å². The van der Waals surface area contributed by atoms with Crippen LogP contribution in [0, 0.1) is 0 Å². The fraction of sp³-hybridized carbons (Fsp3) is 0.389. The summed E-state index contributed by atoms with van der Waals surface area (Å²) in [6, 6.07) is 11.0. The predicted octanol–water partition coefficient (Wildman–Crippen LogP) is 2.61. The average Bonchev–Trinajstić information content (AvgIpc) is 3.31. The average molecular weight is 311 g/mol. The smallest absolute Gasteiger partial charge is 0.325 e. The highest BCUT2D eigenvalue weighted by Gasteiger charge is 2.39. The lowest BCUT2D eigenvalue weighted by atomic mass is 9.96. The van der Waals surface area contributed by atoms with Crippen molar-refractivity contribution >= 4 is 6.03 Å². The van der Waals surface area contributed by atoms with E-state index in [2.05, 4.69) is 10.6 Å². The zero-order chi connectivity index (χ0) is 15.8. The molecule has 2 bridgehead atoms. The molecule has 0 spiro atoms. The van der Waals surface area contributed by atoms with E-state index in [4.69, 9.17) is 4.74 Å². The highest BCUT2D eigenvalue weighted by Crippen LogP contribution is 2.28. The number of rotatable bonds is 3. The van der Waals surface area contributed by atoms with Gasteiger partial charge in [-0.25, -0.2) is 4.79 Å². The van der Waals surface area contributed by atoms with Crippen LogP contribution in [0.2, 0.25) is 0 Å². The SMILES string of the molecule is COc1ccc(-c2ccn(C(=O)N[C@@H]3C[C@H]4CC[C@@H]3N4)c2)cc1. The molecule has 1 aromatic heterocycles. The van der Waals surface area contributed by atoms with Gasteiger partial charge in [0.15, 0.2) is 0 Å². The topological polar surface area (TPSA) is 55.3 Å². The molecule has 120 valence electrons. The van der Waals surface area contributed by atoms with Crippen molar-refractivity contribution in [3.05, 3.63) is 42.7 Å². The lowest BCUT2D eigenvalue weighted by molar-refractivity contribution is 0.236.